The first-order valence-corrected chi connectivity index (χ1v) is 7.78. The number of carbonyl (C=O) groups is 2. The minimum atomic E-state index is -0.273. The van der Waals surface area contributed by atoms with Gasteiger partial charge in [-0.2, -0.15) is 0 Å². The number of hydrogen-bond donors (Lipinski definition) is 0. The van der Waals surface area contributed by atoms with E-state index < -0.39 is 0 Å². The summed E-state index contributed by atoms with van der Waals surface area (Å²) in [4.78, 5) is 25.7. The zero-order valence-corrected chi connectivity index (χ0v) is 11.9. The van der Waals surface area contributed by atoms with Crippen LogP contribution in [0.1, 0.15) is 38.5 Å². The second kappa shape index (κ2) is 6.12. The van der Waals surface area contributed by atoms with Crippen LogP contribution in [0, 0.1) is 11.8 Å². The number of hydrogen-bond acceptors (Lipinski definition) is 4. The van der Waals surface area contributed by atoms with Crippen molar-refractivity contribution < 1.29 is 19.1 Å². The Hall–Kier alpha value is -1.10. The van der Waals surface area contributed by atoms with Crippen LogP contribution in [0.2, 0.25) is 0 Å². The molecule has 0 N–H and O–H groups in total. The summed E-state index contributed by atoms with van der Waals surface area (Å²) in [5.41, 5.74) is 0. The molecule has 1 aliphatic carbocycles. The summed E-state index contributed by atoms with van der Waals surface area (Å²) >= 11 is 0. The molecule has 0 radical (unpaired) electrons. The van der Waals surface area contributed by atoms with Crippen molar-refractivity contribution in [3.8, 4) is 0 Å². The molecule has 1 amide bonds. The van der Waals surface area contributed by atoms with E-state index in [1.54, 1.807) is 0 Å². The average Bonchev–Trinajstić information content (AvgIpc) is 3.21. The van der Waals surface area contributed by atoms with Crippen LogP contribution < -0.4 is 0 Å². The highest BCUT2D eigenvalue weighted by molar-refractivity contribution is 5.86. The van der Waals surface area contributed by atoms with Crippen LogP contribution in [0.5, 0.6) is 0 Å². The van der Waals surface area contributed by atoms with Gasteiger partial charge in [0.25, 0.3) is 0 Å². The largest absolute Gasteiger partial charge is 0.463 e. The number of rotatable bonds is 5. The van der Waals surface area contributed by atoms with E-state index in [1.165, 1.54) is 12.8 Å². The molecule has 2 aliphatic heterocycles. The van der Waals surface area contributed by atoms with Crippen molar-refractivity contribution in [2.75, 3.05) is 26.3 Å². The minimum absolute atomic E-state index is 0.0485. The lowest BCUT2D eigenvalue weighted by molar-refractivity contribution is -0.153. The van der Waals surface area contributed by atoms with Crippen LogP contribution in [0.3, 0.4) is 0 Å². The monoisotopic (exact) mass is 281 g/mol. The molecule has 2 heterocycles. The predicted octanol–water partition coefficient (Wildman–Crippen LogP) is 1.36. The molecule has 112 valence electrons. The van der Waals surface area contributed by atoms with Gasteiger partial charge in [-0.25, -0.2) is 0 Å². The summed E-state index contributed by atoms with van der Waals surface area (Å²) in [6, 6.07) is 0. The molecular formula is C15H23NO4. The van der Waals surface area contributed by atoms with Crippen molar-refractivity contribution in [2.45, 2.75) is 44.6 Å². The van der Waals surface area contributed by atoms with Crippen LogP contribution in [0.4, 0.5) is 0 Å². The van der Waals surface area contributed by atoms with Gasteiger partial charge < -0.3 is 14.4 Å². The van der Waals surface area contributed by atoms with Crippen molar-refractivity contribution in [2.24, 2.45) is 11.8 Å². The van der Waals surface area contributed by atoms with E-state index in [1.807, 2.05) is 4.90 Å². The number of carbonyl (C=O) groups excluding carboxylic acids is 2. The number of esters is 1. The average molecular weight is 281 g/mol. The third-order valence-electron chi connectivity index (χ3n) is 4.41. The molecule has 3 rings (SSSR count). The van der Waals surface area contributed by atoms with Gasteiger partial charge in [0.2, 0.25) is 5.91 Å². The van der Waals surface area contributed by atoms with E-state index in [0.29, 0.717) is 25.5 Å². The summed E-state index contributed by atoms with van der Waals surface area (Å²) in [5, 5.41) is 0. The van der Waals surface area contributed by atoms with Crippen molar-refractivity contribution in [1.82, 2.24) is 4.90 Å². The normalized spacial score (nSPS) is 30.6. The Balaban J connectivity index is 1.41. The standard InChI is InChI=1S/C15H23NO4/c17-14-7-12(9-16(14)8-11-4-5-11)15(18)20-10-13-3-1-2-6-19-13/h11-13H,1-10H2/t12-,13-/m0/s1. The molecule has 2 saturated heterocycles. The van der Waals surface area contributed by atoms with E-state index in [9.17, 15) is 9.59 Å². The molecule has 0 aromatic rings. The molecule has 20 heavy (non-hydrogen) atoms. The van der Waals surface area contributed by atoms with Gasteiger partial charge in [-0.15, -0.1) is 0 Å². The van der Waals surface area contributed by atoms with E-state index in [4.69, 9.17) is 9.47 Å². The SMILES string of the molecule is O=C(OC[C@@H]1CCCCO1)[C@H]1CC(=O)N(CC2CC2)C1. The highest BCUT2D eigenvalue weighted by atomic mass is 16.6. The topological polar surface area (TPSA) is 55.8 Å². The molecule has 5 nitrogen and oxygen atoms in total. The van der Waals surface area contributed by atoms with E-state index in [-0.39, 0.29) is 23.9 Å². The Morgan fingerprint density at radius 1 is 1.30 bits per heavy atom. The Morgan fingerprint density at radius 2 is 2.15 bits per heavy atom. The van der Waals surface area contributed by atoms with Gasteiger partial charge >= 0.3 is 5.97 Å². The lowest BCUT2D eigenvalue weighted by Crippen LogP contribution is -2.30. The smallest absolute Gasteiger partial charge is 0.311 e. The van der Waals surface area contributed by atoms with Gasteiger partial charge in [0.05, 0.1) is 12.0 Å². The van der Waals surface area contributed by atoms with Gasteiger partial charge in [-0.3, -0.25) is 9.59 Å². The molecule has 1 saturated carbocycles. The Kier molecular flexibility index (Phi) is 4.24. The molecule has 0 aromatic carbocycles. The second-order valence-corrected chi connectivity index (χ2v) is 6.26. The summed E-state index contributed by atoms with van der Waals surface area (Å²) in [6.07, 6.45) is 6.00. The molecule has 5 heteroatoms. The first-order chi connectivity index (χ1) is 9.72. The molecule has 3 aliphatic rings. The van der Waals surface area contributed by atoms with Crippen LogP contribution >= 0.6 is 0 Å². The molecular weight excluding hydrogens is 258 g/mol. The quantitative estimate of drug-likeness (QED) is 0.714. The van der Waals surface area contributed by atoms with Crippen LogP contribution in [0.25, 0.3) is 0 Å². The van der Waals surface area contributed by atoms with E-state index in [2.05, 4.69) is 0 Å². The number of amides is 1. The lowest BCUT2D eigenvalue weighted by atomic mass is 10.1. The van der Waals surface area contributed by atoms with Crippen molar-refractivity contribution in [3.05, 3.63) is 0 Å². The maximum atomic E-state index is 12.0. The van der Waals surface area contributed by atoms with Gasteiger partial charge in [0, 0.05) is 26.1 Å². The third-order valence-corrected chi connectivity index (χ3v) is 4.41. The molecule has 0 bridgehead atoms. The summed E-state index contributed by atoms with van der Waals surface area (Å²) in [7, 11) is 0. The maximum Gasteiger partial charge on any atom is 0.311 e. The van der Waals surface area contributed by atoms with Crippen molar-refractivity contribution >= 4 is 11.9 Å². The minimum Gasteiger partial charge on any atom is -0.463 e. The zero-order chi connectivity index (χ0) is 13.9. The Morgan fingerprint density at radius 3 is 2.85 bits per heavy atom. The van der Waals surface area contributed by atoms with Gasteiger partial charge in [0.15, 0.2) is 0 Å². The molecule has 3 fully saturated rings. The number of likely N-dealkylation sites (tertiary alicyclic amines) is 1. The molecule has 0 spiro atoms. The maximum absolute atomic E-state index is 12.0. The van der Waals surface area contributed by atoms with E-state index in [0.717, 1.165) is 32.4 Å². The van der Waals surface area contributed by atoms with Crippen molar-refractivity contribution in [1.29, 1.82) is 0 Å². The fourth-order valence-corrected chi connectivity index (χ4v) is 2.95. The fraction of sp³-hybridized carbons (Fsp3) is 0.867. The van der Waals surface area contributed by atoms with E-state index >= 15 is 0 Å². The second-order valence-electron chi connectivity index (χ2n) is 6.26. The van der Waals surface area contributed by atoms with Crippen molar-refractivity contribution in [3.63, 3.8) is 0 Å². The highest BCUT2D eigenvalue weighted by Crippen LogP contribution is 2.32. The number of ether oxygens (including phenoxy) is 2. The summed E-state index contributed by atoms with van der Waals surface area (Å²) in [6.45, 7) is 2.47. The summed E-state index contributed by atoms with van der Waals surface area (Å²) in [5.74, 6) is 0.271. The fourth-order valence-electron chi connectivity index (χ4n) is 2.95. The first-order valence-electron chi connectivity index (χ1n) is 7.78. The predicted molar refractivity (Wildman–Crippen MR) is 72.0 cm³/mol. The van der Waals surface area contributed by atoms with Crippen LogP contribution in [0.15, 0.2) is 0 Å². The number of nitrogens with zero attached hydrogens (tertiary/aromatic N) is 1. The molecule has 2 atom stereocenters. The first kappa shape index (κ1) is 13.9. The lowest BCUT2D eigenvalue weighted by Gasteiger charge is -2.22. The van der Waals surface area contributed by atoms with Crippen LogP contribution in [-0.4, -0.2) is 49.2 Å². The Bertz CT molecular complexity index is 374. The highest BCUT2D eigenvalue weighted by Gasteiger charge is 2.38. The van der Waals surface area contributed by atoms with Gasteiger partial charge in [-0.05, 0) is 38.0 Å². The molecule has 0 unspecified atom stereocenters. The van der Waals surface area contributed by atoms with Crippen LogP contribution in [-0.2, 0) is 19.1 Å². The Labute approximate surface area is 119 Å². The van der Waals surface area contributed by atoms with Gasteiger partial charge in [-0.1, -0.05) is 0 Å². The zero-order valence-electron chi connectivity index (χ0n) is 11.9. The third kappa shape index (κ3) is 3.51. The molecule has 0 aromatic heterocycles. The van der Waals surface area contributed by atoms with Gasteiger partial charge in [0.1, 0.15) is 6.61 Å². The summed E-state index contributed by atoms with van der Waals surface area (Å²) < 4.78 is 10.9.